The van der Waals surface area contributed by atoms with Crippen LogP contribution in [0.4, 0.5) is 0 Å². The van der Waals surface area contributed by atoms with Crippen molar-refractivity contribution in [2.24, 2.45) is 0 Å². The van der Waals surface area contributed by atoms with Crippen molar-refractivity contribution in [1.29, 1.82) is 0 Å². The fourth-order valence-electron chi connectivity index (χ4n) is 3.03. The third-order valence-corrected chi connectivity index (χ3v) is 4.23. The molecular formula is C13H24N2O2. The Morgan fingerprint density at radius 1 is 1.29 bits per heavy atom. The number of amides is 1. The van der Waals surface area contributed by atoms with E-state index in [2.05, 4.69) is 6.92 Å². The minimum absolute atomic E-state index is 0.0215. The lowest BCUT2D eigenvalue weighted by Gasteiger charge is -2.46. The van der Waals surface area contributed by atoms with E-state index in [0.29, 0.717) is 13.0 Å². The second-order valence-electron chi connectivity index (χ2n) is 5.62. The van der Waals surface area contributed by atoms with Gasteiger partial charge in [0.2, 0.25) is 5.91 Å². The highest BCUT2D eigenvalue weighted by atomic mass is 16.5. The smallest absolute Gasteiger partial charge is 0.222 e. The highest BCUT2D eigenvalue weighted by Gasteiger charge is 2.27. The van der Waals surface area contributed by atoms with Gasteiger partial charge >= 0.3 is 0 Å². The van der Waals surface area contributed by atoms with Crippen LogP contribution in [0.5, 0.6) is 0 Å². The molecule has 1 unspecified atom stereocenters. The van der Waals surface area contributed by atoms with Gasteiger partial charge in [0, 0.05) is 25.4 Å². The van der Waals surface area contributed by atoms with Crippen molar-refractivity contribution in [1.82, 2.24) is 4.90 Å². The second kappa shape index (κ2) is 5.36. The maximum absolute atomic E-state index is 12.4. The standard InChI is InChI=1S/C13H24N2O2/c1-12(14-8-5-6-13(14)16)7-11-15(17)9-3-2-4-10-15/h12H,2-11H2,1H3. The molecule has 0 spiro atoms. The average molecular weight is 240 g/mol. The van der Waals surface area contributed by atoms with Crippen molar-refractivity contribution in [3.8, 4) is 0 Å². The predicted molar refractivity (Wildman–Crippen MR) is 67.1 cm³/mol. The van der Waals surface area contributed by atoms with Gasteiger partial charge in [0.05, 0.1) is 19.6 Å². The molecule has 0 bridgehead atoms. The van der Waals surface area contributed by atoms with Gasteiger partial charge in [0.15, 0.2) is 0 Å². The highest BCUT2D eigenvalue weighted by Crippen LogP contribution is 2.21. The highest BCUT2D eigenvalue weighted by molar-refractivity contribution is 5.78. The van der Waals surface area contributed by atoms with Crippen LogP contribution in [0.25, 0.3) is 0 Å². The normalized spacial score (nSPS) is 26.2. The molecule has 2 saturated heterocycles. The summed E-state index contributed by atoms with van der Waals surface area (Å²) in [4.78, 5) is 13.5. The molecule has 0 aliphatic carbocycles. The van der Waals surface area contributed by atoms with Crippen LogP contribution in [-0.2, 0) is 4.79 Å². The van der Waals surface area contributed by atoms with Gasteiger partial charge in [-0.15, -0.1) is 0 Å². The molecule has 0 aromatic carbocycles. The maximum atomic E-state index is 12.4. The van der Waals surface area contributed by atoms with Crippen molar-refractivity contribution in [2.75, 3.05) is 26.2 Å². The van der Waals surface area contributed by atoms with E-state index < -0.39 is 0 Å². The van der Waals surface area contributed by atoms with Crippen LogP contribution < -0.4 is 0 Å². The molecule has 2 fully saturated rings. The predicted octanol–water partition coefficient (Wildman–Crippen LogP) is 1.89. The Balaban J connectivity index is 1.78. The molecule has 1 atom stereocenters. The van der Waals surface area contributed by atoms with Gasteiger partial charge in [0.25, 0.3) is 0 Å². The Morgan fingerprint density at radius 2 is 2.00 bits per heavy atom. The third kappa shape index (κ3) is 3.19. The molecular weight excluding hydrogens is 216 g/mol. The van der Waals surface area contributed by atoms with Crippen LogP contribution >= 0.6 is 0 Å². The minimum atomic E-state index is -0.0215. The lowest BCUT2D eigenvalue weighted by atomic mass is 10.1. The summed E-state index contributed by atoms with van der Waals surface area (Å²) in [5, 5.41) is 12.4. The molecule has 0 saturated carbocycles. The summed E-state index contributed by atoms with van der Waals surface area (Å²) in [7, 11) is 0. The first-order valence-corrected chi connectivity index (χ1v) is 6.97. The number of nitrogens with zero attached hydrogens (tertiary/aromatic N) is 2. The van der Waals surface area contributed by atoms with Crippen LogP contribution in [-0.4, -0.2) is 47.7 Å². The monoisotopic (exact) mass is 240 g/mol. The number of carbonyl (C=O) groups excluding carboxylic acids is 1. The SMILES string of the molecule is CC(CC[N+]1([O-])CCCCC1)N1CCCC1=O. The van der Waals surface area contributed by atoms with E-state index in [9.17, 15) is 10.0 Å². The van der Waals surface area contributed by atoms with E-state index in [4.69, 9.17) is 0 Å². The summed E-state index contributed by atoms with van der Waals surface area (Å²) in [6, 6.07) is 0.246. The Kier molecular flexibility index (Phi) is 4.05. The molecule has 17 heavy (non-hydrogen) atoms. The van der Waals surface area contributed by atoms with Gasteiger partial charge in [-0.1, -0.05) is 0 Å². The number of hydroxylamine groups is 3. The Bertz CT molecular complexity index is 275. The first kappa shape index (κ1) is 12.8. The Morgan fingerprint density at radius 3 is 2.59 bits per heavy atom. The number of rotatable bonds is 4. The van der Waals surface area contributed by atoms with E-state index in [1.807, 2.05) is 4.90 Å². The Labute approximate surface area is 104 Å². The molecule has 4 nitrogen and oxygen atoms in total. The summed E-state index contributed by atoms with van der Waals surface area (Å²) in [5.41, 5.74) is 0. The van der Waals surface area contributed by atoms with Gasteiger partial charge in [-0.3, -0.25) is 4.79 Å². The number of piperidine rings is 1. The molecule has 1 amide bonds. The van der Waals surface area contributed by atoms with E-state index in [-0.39, 0.29) is 16.6 Å². The first-order chi connectivity index (χ1) is 8.11. The molecule has 0 radical (unpaired) electrons. The number of hydrogen-bond donors (Lipinski definition) is 0. The summed E-state index contributed by atoms with van der Waals surface area (Å²) in [6.07, 6.45) is 5.89. The number of carbonyl (C=O) groups is 1. The molecule has 2 aliphatic rings. The van der Waals surface area contributed by atoms with Crippen LogP contribution in [0.2, 0.25) is 0 Å². The van der Waals surface area contributed by atoms with Crippen molar-refractivity contribution in [3.63, 3.8) is 0 Å². The lowest BCUT2D eigenvalue weighted by molar-refractivity contribution is -0.885. The fraction of sp³-hybridized carbons (Fsp3) is 0.923. The molecule has 4 heteroatoms. The average Bonchev–Trinajstić information content (AvgIpc) is 2.74. The quantitative estimate of drug-likeness (QED) is 0.556. The van der Waals surface area contributed by atoms with Gasteiger partial charge < -0.3 is 14.8 Å². The van der Waals surface area contributed by atoms with E-state index in [1.165, 1.54) is 6.42 Å². The zero-order chi connectivity index (χ0) is 12.3. The van der Waals surface area contributed by atoms with Gasteiger partial charge in [0.1, 0.15) is 0 Å². The first-order valence-electron chi connectivity index (χ1n) is 6.97. The lowest BCUT2D eigenvalue weighted by Crippen LogP contribution is -2.48. The number of hydrogen-bond acceptors (Lipinski definition) is 2. The van der Waals surface area contributed by atoms with Crippen LogP contribution in [0, 0.1) is 5.21 Å². The summed E-state index contributed by atoms with van der Waals surface area (Å²) in [6.45, 7) is 5.21. The molecule has 0 aromatic rings. The molecule has 2 rings (SSSR count). The molecule has 0 aromatic heterocycles. The summed E-state index contributed by atoms with van der Waals surface area (Å²) in [5.74, 6) is 0.272. The Hall–Kier alpha value is -0.610. The largest absolute Gasteiger partial charge is 0.633 e. The maximum Gasteiger partial charge on any atom is 0.222 e. The molecule has 0 N–H and O–H groups in total. The van der Waals surface area contributed by atoms with Crippen LogP contribution in [0.1, 0.15) is 45.4 Å². The minimum Gasteiger partial charge on any atom is -0.633 e. The number of likely N-dealkylation sites (tertiary alicyclic amines) is 2. The molecule has 2 aliphatic heterocycles. The van der Waals surface area contributed by atoms with E-state index in [1.54, 1.807) is 0 Å². The van der Waals surface area contributed by atoms with Gasteiger partial charge in [-0.2, -0.15) is 0 Å². The summed E-state index contributed by atoms with van der Waals surface area (Å²) < 4.78 is -0.0215. The van der Waals surface area contributed by atoms with Crippen LogP contribution in [0.3, 0.4) is 0 Å². The van der Waals surface area contributed by atoms with Crippen molar-refractivity contribution < 1.29 is 9.44 Å². The van der Waals surface area contributed by atoms with Gasteiger partial charge in [-0.05, 0) is 32.6 Å². The van der Waals surface area contributed by atoms with Crippen LogP contribution in [0.15, 0.2) is 0 Å². The van der Waals surface area contributed by atoms with Gasteiger partial charge in [-0.25, -0.2) is 0 Å². The van der Waals surface area contributed by atoms with Crippen molar-refractivity contribution >= 4 is 5.91 Å². The zero-order valence-electron chi connectivity index (χ0n) is 10.9. The van der Waals surface area contributed by atoms with E-state index in [0.717, 1.165) is 45.3 Å². The third-order valence-electron chi connectivity index (χ3n) is 4.23. The fourth-order valence-corrected chi connectivity index (χ4v) is 3.03. The molecule has 98 valence electrons. The van der Waals surface area contributed by atoms with Crippen molar-refractivity contribution in [2.45, 2.75) is 51.5 Å². The summed E-state index contributed by atoms with van der Waals surface area (Å²) >= 11 is 0. The van der Waals surface area contributed by atoms with E-state index >= 15 is 0 Å². The zero-order valence-corrected chi connectivity index (χ0v) is 10.9. The topological polar surface area (TPSA) is 43.4 Å². The number of quaternary nitrogens is 1. The van der Waals surface area contributed by atoms with Crippen molar-refractivity contribution in [3.05, 3.63) is 5.21 Å². The second-order valence-corrected chi connectivity index (χ2v) is 5.62. The molecule has 2 heterocycles.